The van der Waals surface area contributed by atoms with Crippen LogP contribution in [-0.2, 0) is 4.43 Å². The Labute approximate surface area is 178 Å². The van der Waals surface area contributed by atoms with Crippen LogP contribution in [0.25, 0.3) is 0 Å². The highest BCUT2D eigenvalue weighted by atomic mass is 28.4. The van der Waals surface area contributed by atoms with Crippen molar-refractivity contribution in [1.82, 2.24) is 10.3 Å². The number of pyridine rings is 1. The Hall–Kier alpha value is -2.20. The Morgan fingerprint density at radius 2 is 2.03 bits per heavy atom. The molecule has 3 rings (SSSR count). The van der Waals surface area contributed by atoms with Crippen LogP contribution in [0, 0.1) is 22.0 Å². The fraction of sp³-hybridized carbons (Fsp3) is 0.700. The van der Waals surface area contributed by atoms with Crippen molar-refractivity contribution in [2.24, 2.45) is 11.8 Å². The number of nitrogens with one attached hydrogen (secondary N) is 1. The van der Waals surface area contributed by atoms with Crippen molar-refractivity contribution in [3.05, 3.63) is 28.6 Å². The van der Waals surface area contributed by atoms with Gasteiger partial charge in [-0.25, -0.2) is 4.79 Å². The van der Waals surface area contributed by atoms with Crippen molar-refractivity contribution in [3.63, 3.8) is 0 Å². The van der Waals surface area contributed by atoms with Gasteiger partial charge in [-0.2, -0.15) is 0 Å². The first-order valence-corrected chi connectivity index (χ1v) is 13.3. The Balaban J connectivity index is 1.95. The van der Waals surface area contributed by atoms with E-state index in [1.807, 2.05) is 4.90 Å². The van der Waals surface area contributed by atoms with E-state index in [9.17, 15) is 20.0 Å². The van der Waals surface area contributed by atoms with Gasteiger partial charge in [-0.1, -0.05) is 20.8 Å². The highest BCUT2D eigenvalue weighted by Gasteiger charge is 2.50. The summed E-state index contributed by atoms with van der Waals surface area (Å²) in [5.74, 6) is 0.555. The van der Waals surface area contributed by atoms with Gasteiger partial charge < -0.3 is 19.7 Å². The number of anilines is 1. The maximum absolute atomic E-state index is 11.6. The van der Waals surface area contributed by atoms with E-state index in [0.717, 1.165) is 12.8 Å². The molecule has 0 radical (unpaired) electrons. The molecule has 1 aliphatic heterocycles. The van der Waals surface area contributed by atoms with Crippen LogP contribution in [0.1, 0.15) is 33.6 Å². The first-order chi connectivity index (χ1) is 13.9. The van der Waals surface area contributed by atoms with Crippen LogP contribution in [0.2, 0.25) is 18.1 Å². The van der Waals surface area contributed by atoms with E-state index in [4.69, 9.17) is 4.43 Å². The third kappa shape index (κ3) is 4.75. The monoisotopic (exact) mass is 436 g/mol. The lowest BCUT2D eigenvalue weighted by atomic mass is 9.86. The number of carbonyl (C=O) groups is 1. The lowest BCUT2D eigenvalue weighted by Gasteiger charge is -2.49. The van der Waals surface area contributed by atoms with E-state index in [1.54, 1.807) is 6.07 Å². The second-order valence-corrected chi connectivity index (χ2v) is 14.7. The van der Waals surface area contributed by atoms with Crippen molar-refractivity contribution in [2.45, 2.75) is 63.9 Å². The van der Waals surface area contributed by atoms with Gasteiger partial charge in [0.1, 0.15) is 11.9 Å². The largest absolute Gasteiger partial charge is 0.465 e. The molecule has 2 aliphatic rings. The van der Waals surface area contributed by atoms with Crippen LogP contribution in [0.4, 0.5) is 16.2 Å². The molecule has 1 aromatic heterocycles. The molecule has 1 saturated heterocycles. The van der Waals surface area contributed by atoms with E-state index in [2.05, 4.69) is 44.2 Å². The van der Waals surface area contributed by atoms with Crippen LogP contribution < -0.4 is 10.2 Å². The van der Waals surface area contributed by atoms with Crippen molar-refractivity contribution in [1.29, 1.82) is 0 Å². The SMILES string of the molecule is CC(C)(C)[Si](C)(C)O[C@H]1[C@@H](C2CC2)CN(c2ccncc2[N+](=O)[O-])C[C@H]1NC(=O)O. The molecule has 2 N–H and O–H groups in total. The summed E-state index contributed by atoms with van der Waals surface area (Å²) in [7, 11) is -2.14. The fourth-order valence-electron chi connectivity index (χ4n) is 3.97. The molecule has 2 fully saturated rings. The summed E-state index contributed by atoms with van der Waals surface area (Å²) in [6, 6.07) is 1.17. The molecule has 0 aromatic carbocycles. The number of nitro groups is 1. The average Bonchev–Trinajstić information content (AvgIpc) is 3.46. The minimum Gasteiger partial charge on any atom is -0.465 e. The maximum Gasteiger partial charge on any atom is 0.405 e. The Morgan fingerprint density at radius 3 is 2.57 bits per heavy atom. The van der Waals surface area contributed by atoms with Gasteiger partial charge in [0.05, 0.1) is 17.1 Å². The normalized spacial score (nSPS) is 25.1. The molecule has 1 aromatic rings. The topological polar surface area (TPSA) is 118 Å². The van der Waals surface area contributed by atoms with Crippen LogP contribution in [0.15, 0.2) is 18.5 Å². The molecule has 1 amide bonds. The third-order valence-corrected chi connectivity index (χ3v) is 11.2. The lowest BCUT2D eigenvalue weighted by molar-refractivity contribution is -0.384. The third-order valence-electron chi connectivity index (χ3n) is 6.76. The van der Waals surface area contributed by atoms with Gasteiger partial charge in [-0.05, 0) is 43.0 Å². The summed E-state index contributed by atoms with van der Waals surface area (Å²) in [5, 5.41) is 23.7. The first-order valence-electron chi connectivity index (χ1n) is 10.4. The van der Waals surface area contributed by atoms with E-state index in [-0.39, 0.29) is 22.7 Å². The van der Waals surface area contributed by atoms with Gasteiger partial charge in [0.25, 0.3) is 0 Å². The number of nitrogens with zero attached hydrogens (tertiary/aromatic N) is 3. The summed E-state index contributed by atoms with van der Waals surface area (Å²) in [6.45, 7) is 11.8. The van der Waals surface area contributed by atoms with Crippen molar-refractivity contribution in [2.75, 3.05) is 18.0 Å². The standard InChI is InChI=1S/C20H32N4O5Si/c1-20(2,3)30(4,5)29-18-14(13-6-7-13)11-23(12-15(18)22-19(25)26)16-8-9-21-10-17(16)24(27)28/h8-10,13-15,18,22H,6-7,11-12H2,1-5H3,(H,25,26)/t14-,15-,18+/m1/s1. The second-order valence-electron chi connectivity index (χ2n) is 9.93. The van der Waals surface area contributed by atoms with Gasteiger partial charge in [0.2, 0.25) is 0 Å². The number of hydrogen-bond acceptors (Lipinski definition) is 6. The van der Waals surface area contributed by atoms with Gasteiger partial charge in [0.15, 0.2) is 8.32 Å². The summed E-state index contributed by atoms with van der Waals surface area (Å²) in [5.41, 5.74) is 0.411. The molecule has 166 valence electrons. The van der Waals surface area contributed by atoms with Gasteiger partial charge in [-0.15, -0.1) is 0 Å². The van der Waals surface area contributed by atoms with E-state index < -0.39 is 25.4 Å². The average molecular weight is 437 g/mol. The van der Waals surface area contributed by atoms with E-state index in [0.29, 0.717) is 24.7 Å². The first kappa shape index (κ1) is 22.5. The minimum absolute atomic E-state index is 0.00407. The molecule has 2 heterocycles. The van der Waals surface area contributed by atoms with Crippen molar-refractivity contribution < 1.29 is 19.3 Å². The number of aromatic nitrogens is 1. The quantitative estimate of drug-likeness (QED) is 0.395. The number of hydrogen-bond donors (Lipinski definition) is 2. The smallest absolute Gasteiger partial charge is 0.405 e. The molecule has 0 unspecified atom stereocenters. The zero-order valence-electron chi connectivity index (χ0n) is 18.3. The molecule has 3 atom stereocenters. The minimum atomic E-state index is -2.14. The van der Waals surface area contributed by atoms with Gasteiger partial charge in [0, 0.05) is 25.2 Å². The van der Waals surface area contributed by atoms with Crippen LogP contribution >= 0.6 is 0 Å². The Morgan fingerprint density at radius 1 is 1.37 bits per heavy atom. The number of rotatable bonds is 6. The second kappa shape index (κ2) is 8.14. The van der Waals surface area contributed by atoms with Crippen LogP contribution in [0.3, 0.4) is 0 Å². The molecule has 9 nitrogen and oxygen atoms in total. The lowest BCUT2D eigenvalue weighted by Crippen LogP contribution is -2.63. The number of amides is 1. The zero-order chi connectivity index (χ0) is 22.3. The van der Waals surface area contributed by atoms with Gasteiger partial charge in [-0.3, -0.25) is 15.1 Å². The highest BCUT2D eigenvalue weighted by Crippen LogP contribution is 2.46. The van der Waals surface area contributed by atoms with Crippen LogP contribution in [-0.4, -0.2) is 54.7 Å². The van der Waals surface area contributed by atoms with E-state index >= 15 is 0 Å². The summed E-state index contributed by atoms with van der Waals surface area (Å²) < 4.78 is 6.77. The van der Waals surface area contributed by atoms with E-state index in [1.165, 1.54) is 12.4 Å². The molecular formula is C20H32N4O5Si. The Bertz CT molecular complexity index is 809. The zero-order valence-corrected chi connectivity index (χ0v) is 19.3. The molecular weight excluding hydrogens is 404 g/mol. The summed E-state index contributed by atoms with van der Waals surface area (Å²) in [6.07, 6.45) is 3.59. The molecule has 0 spiro atoms. The summed E-state index contributed by atoms with van der Waals surface area (Å²) in [4.78, 5) is 28.5. The molecule has 1 aliphatic carbocycles. The van der Waals surface area contributed by atoms with Gasteiger partial charge >= 0.3 is 11.8 Å². The summed E-state index contributed by atoms with van der Waals surface area (Å²) >= 11 is 0. The number of carboxylic acid groups (broad SMARTS) is 1. The molecule has 30 heavy (non-hydrogen) atoms. The highest BCUT2D eigenvalue weighted by molar-refractivity contribution is 6.74. The predicted octanol–water partition coefficient (Wildman–Crippen LogP) is 3.86. The molecule has 1 saturated carbocycles. The molecule has 10 heteroatoms. The fourth-order valence-corrected chi connectivity index (χ4v) is 5.34. The molecule has 0 bridgehead atoms. The van der Waals surface area contributed by atoms with Crippen LogP contribution in [0.5, 0.6) is 0 Å². The predicted molar refractivity (Wildman–Crippen MR) is 116 cm³/mol. The Kier molecular flexibility index (Phi) is 6.10. The maximum atomic E-state index is 11.6. The van der Waals surface area contributed by atoms with Crippen molar-refractivity contribution in [3.8, 4) is 0 Å². The number of piperidine rings is 1. The van der Waals surface area contributed by atoms with Crippen molar-refractivity contribution >= 4 is 25.8 Å².